The largest absolute Gasteiger partial charge is 0.489 e. The van der Waals surface area contributed by atoms with Gasteiger partial charge in [0.2, 0.25) is 0 Å². The van der Waals surface area contributed by atoms with Crippen molar-refractivity contribution >= 4 is 5.78 Å². The van der Waals surface area contributed by atoms with Gasteiger partial charge in [-0.15, -0.1) is 0 Å². The van der Waals surface area contributed by atoms with Gasteiger partial charge in [-0.05, 0) is 38.5 Å². The molecule has 0 heterocycles. The van der Waals surface area contributed by atoms with Gasteiger partial charge >= 0.3 is 0 Å². The van der Waals surface area contributed by atoms with E-state index in [0.29, 0.717) is 13.0 Å². The standard InChI is InChI=1S/C15H20O3/c1-12(9-10-15(3,17)13(2)16)11-18-14-7-5-4-6-8-14/h4-9,17H,10-11H2,1-3H3/b12-9-/t15-/m1/s1. The summed E-state index contributed by atoms with van der Waals surface area (Å²) < 4.78 is 5.56. The highest BCUT2D eigenvalue weighted by Crippen LogP contribution is 2.14. The maximum Gasteiger partial charge on any atom is 0.161 e. The van der Waals surface area contributed by atoms with Crippen LogP contribution in [0.1, 0.15) is 27.2 Å². The Hall–Kier alpha value is -1.61. The van der Waals surface area contributed by atoms with Crippen LogP contribution in [0.5, 0.6) is 5.75 Å². The van der Waals surface area contributed by atoms with Crippen molar-refractivity contribution in [3.63, 3.8) is 0 Å². The Morgan fingerprint density at radius 2 is 1.94 bits per heavy atom. The molecular formula is C15H20O3. The molecule has 0 saturated carbocycles. The van der Waals surface area contributed by atoms with Crippen LogP contribution in [-0.2, 0) is 4.79 Å². The monoisotopic (exact) mass is 248 g/mol. The minimum Gasteiger partial charge on any atom is -0.489 e. The van der Waals surface area contributed by atoms with Gasteiger partial charge in [-0.3, -0.25) is 4.79 Å². The smallest absolute Gasteiger partial charge is 0.161 e. The average molecular weight is 248 g/mol. The third kappa shape index (κ3) is 4.72. The Balaban J connectivity index is 2.46. The number of rotatable bonds is 6. The number of carbonyl (C=O) groups is 1. The van der Waals surface area contributed by atoms with E-state index in [1.807, 2.05) is 43.3 Å². The summed E-state index contributed by atoms with van der Waals surface area (Å²) >= 11 is 0. The van der Waals surface area contributed by atoms with E-state index < -0.39 is 5.60 Å². The number of ether oxygens (including phenoxy) is 1. The second kappa shape index (κ2) is 6.36. The van der Waals surface area contributed by atoms with E-state index >= 15 is 0 Å². The number of benzene rings is 1. The number of aliphatic hydroxyl groups is 1. The van der Waals surface area contributed by atoms with Crippen LogP contribution in [0, 0.1) is 0 Å². The van der Waals surface area contributed by atoms with E-state index in [1.165, 1.54) is 13.8 Å². The van der Waals surface area contributed by atoms with E-state index in [9.17, 15) is 9.90 Å². The zero-order valence-corrected chi connectivity index (χ0v) is 11.1. The summed E-state index contributed by atoms with van der Waals surface area (Å²) in [4.78, 5) is 11.1. The Kier molecular flexibility index (Phi) is 5.10. The first-order valence-corrected chi connectivity index (χ1v) is 5.99. The summed E-state index contributed by atoms with van der Waals surface area (Å²) in [5, 5.41) is 9.79. The molecule has 0 aliphatic carbocycles. The van der Waals surface area contributed by atoms with Crippen molar-refractivity contribution in [2.75, 3.05) is 6.61 Å². The molecule has 1 atom stereocenters. The first-order valence-electron chi connectivity index (χ1n) is 5.99. The normalized spacial score (nSPS) is 15.0. The fourth-order valence-corrected chi connectivity index (χ4v) is 1.29. The molecule has 0 saturated heterocycles. The summed E-state index contributed by atoms with van der Waals surface area (Å²) in [5.74, 6) is 0.583. The Bertz CT molecular complexity index is 419. The van der Waals surface area contributed by atoms with Crippen molar-refractivity contribution in [1.82, 2.24) is 0 Å². The molecule has 3 nitrogen and oxygen atoms in total. The molecule has 18 heavy (non-hydrogen) atoms. The van der Waals surface area contributed by atoms with Crippen LogP contribution in [0.3, 0.4) is 0 Å². The van der Waals surface area contributed by atoms with Gasteiger partial charge in [0, 0.05) is 6.42 Å². The van der Waals surface area contributed by atoms with Gasteiger partial charge in [0.15, 0.2) is 5.78 Å². The maximum absolute atomic E-state index is 11.1. The van der Waals surface area contributed by atoms with E-state index in [0.717, 1.165) is 11.3 Å². The summed E-state index contributed by atoms with van der Waals surface area (Å²) in [6, 6.07) is 9.53. The van der Waals surface area contributed by atoms with Crippen LogP contribution >= 0.6 is 0 Å². The number of Topliss-reactive ketones (excluding diaryl/α,β-unsaturated/α-hetero) is 1. The van der Waals surface area contributed by atoms with Gasteiger partial charge in [0.25, 0.3) is 0 Å². The number of para-hydroxylation sites is 1. The first kappa shape index (κ1) is 14.5. The quantitative estimate of drug-likeness (QED) is 0.787. The number of carbonyl (C=O) groups excluding carboxylic acids is 1. The number of hydrogen-bond acceptors (Lipinski definition) is 3. The third-order valence-electron chi connectivity index (χ3n) is 2.82. The van der Waals surface area contributed by atoms with E-state index in [4.69, 9.17) is 4.74 Å². The first-order chi connectivity index (χ1) is 8.42. The van der Waals surface area contributed by atoms with Crippen LogP contribution in [0.25, 0.3) is 0 Å². The van der Waals surface area contributed by atoms with E-state index in [2.05, 4.69) is 0 Å². The van der Waals surface area contributed by atoms with Crippen LogP contribution < -0.4 is 4.74 Å². The lowest BCUT2D eigenvalue weighted by Crippen LogP contribution is -2.32. The Morgan fingerprint density at radius 1 is 1.33 bits per heavy atom. The molecule has 0 aliphatic rings. The average Bonchev–Trinajstić information content (AvgIpc) is 2.35. The predicted octanol–water partition coefficient (Wildman–Crippen LogP) is 2.74. The fourth-order valence-electron chi connectivity index (χ4n) is 1.29. The summed E-state index contributed by atoms with van der Waals surface area (Å²) in [5.41, 5.74) is -0.297. The van der Waals surface area contributed by atoms with Gasteiger partial charge in [0.05, 0.1) is 0 Å². The van der Waals surface area contributed by atoms with E-state index in [-0.39, 0.29) is 5.78 Å². The lowest BCUT2D eigenvalue weighted by atomic mass is 9.97. The van der Waals surface area contributed by atoms with E-state index in [1.54, 1.807) is 0 Å². The molecule has 0 bridgehead atoms. The highest BCUT2D eigenvalue weighted by Gasteiger charge is 2.24. The number of hydrogen-bond donors (Lipinski definition) is 1. The van der Waals surface area contributed by atoms with Crippen molar-refractivity contribution < 1.29 is 14.6 Å². The van der Waals surface area contributed by atoms with Crippen molar-refractivity contribution in [3.05, 3.63) is 42.0 Å². The van der Waals surface area contributed by atoms with Crippen LogP contribution in [0.2, 0.25) is 0 Å². The van der Waals surface area contributed by atoms with Crippen molar-refractivity contribution in [2.24, 2.45) is 0 Å². The van der Waals surface area contributed by atoms with Crippen LogP contribution in [0.15, 0.2) is 42.0 Å². The zero-order chi connectivity index (χ0) is 13.6. The highest BCUT2D eigenvalue weighted by atomic mass is 16.5. The summed E-state index contributed by atoms with van der Waals surface area (Å²) in [6.07, 6.45) is 2.15. The second-order valence-electron chi connectivity index (χ2n) is 4.69. The molecule has 1 N–H and O–H groups in total. The maximum atomic E-state index is 11.1. The molecule has 0 aliphatic heterocycles. The van der Waals surface area contributed by atoms with Crippen molar-refractivity contribution in [2.45, 2.75) is 32.8 Å². The summed E-state index contributed by atoms with van der Waals surface area (Å²) in [7, 11) is 0. The highest BCUT2D eigenvalue weighted by molar-refractivity contribution is 5.84. The van der Waals surface area contributed by atoms with Gasteiger partial charge in [-0.1, -0.05) is 24.3 Å². The SMILES string of the molecule is CC(=O)[C@](C)(O)C/C=C(/C)COc1ccccc1. The topological polar surface area (TPSA) is 46.5 Å². The molecule has 1 aromatic rings. The minimum atomic E-state index is -1.28. The fraction of sp³-hybridized carbons (Fsp3) is 0.400. The second-order valence-corrected chi connectivity index (χ2v) is 4.69. The van der Waals surface area contributed by atoms with Gasteiger partial charge in [0.1, 0.15) is 18.0 Å². The molecule has 0 radical (unpaired) electrons. The summed E-state index contributed by atoms with van der Waals surface area (Å²) in [6.45, 7) is 5.29. The molecule has 0 amide bonds. The van der Waals surface area contributed by atoms with Gasteiger partial charge in [-0.25, -0.2) is 0 Å². The molecule has 1 aromatic carbocycles. The molecule has 0 aromatic heterocycles. The molecule has 0 fully saturated rings. The molecule has 0 spiro atoms. The van der Waals surface area contributed by atoms with Gasteiger partial charge in [-0.2, -0.15) is 0 Å². The predicted molar refractivity (Wildman–Crippen MR) is 71.6 cm³/mol. The zero-order valence-electron chi connectivity index (χ0n) is 11.1. The molecule has 0 unspecified atom stereocenters. The molecule has 3 heteroatoms. The van der Waals surface area contributed by atoms with Crippen molar-refractivity contribution in [1.29, 1.82) is 0 Å². The third-order valence-corrected chi connectivity index (χ3v) is 2.82. The molecular weight excluding hydrogens is 228 g/mol. The lowest BCUT2D eigenvalue weighted by molar-refractivity contribution is -0.133. The van der Waals surface area contributed by atoms with Crippen LogP contribution in [-0.4, -0.2) is 23.1 Å². The Labute approximate surface area is 108 Å². The minimum absolute atomic E-state index is 0.226. The lowest BCUT2D eigenvalue weighted by Gasteiger charge is -2.17. The molecule has 1 rings (SSSR count). The molecule has 98 valence electrons. The number of ketones is 1. The van der Waals surface area contributed by atoms with Crippen LogP contribution in [0.4, 0.5) is 0 Å². The Morgan fingerprint density at radius 3 is 2.50 bits per heavy atom. The van der Waals surface area contributed by atoms with Crippen molar-refractivity contribution in [3.8, 4) is 5.75 Å². The van der Waals surface area contributed by atoms with Gasteiger partial charge < -0.3 is 9.84 Å².